The fraction of sp³-hybridized carbons (Fsp3) is 0.800. The van der Waals surface area contributed by atoms with Crippen molar-refractivity contribution in [3.63, 3.8) is 0 Å². The van der Waals surface area contributed by atoms with Crippen molar-refractivity contribution >= 4 is 0 Å². The normalized spacial score (nSPS) is 15.1. The van der Waals surface area contributed by atoms with Gasteiger partial charge in [0.05, 0.1) is 6.10 Å². The molecule has 0 aliphatic carbocycles. The molecule has 0 aliphatic rings. The molecule has 0 saturated heterocycles. The van der Waals surface area contributed by atoms with E-state index in [4.69, 9.17) is 5.11 Å². The van der Waals surface area contributed by atoms with Gasteiger partial charge in [0, 0.05) is 0 Å². The number of allylic oxidation sites excluding steroid dienone is 2. The second-order valence-electron chi connectivity index (χ2n) is 3.18. The van der Waals surface area contributed by atoms with Gasteiger partial charge in [-0.1, -0.05) is 18.6 Å². The summed E-state index contributed by atoms with van der Waals surface area (Å²) in [5.74, 6) is 0. The molecular weight excluding hydrogens is 136 g/mol. The molecule has 0 heterocycles. The first-order valence-corrected chi connectivity index (χ1v) is 4.50. The van der Waals surface area contributed by atoms with Crippen LogP contribution < -0.4 is 0 Å². The first kappa shape index (κ1) is 10.7. The largest absolute Gasteiger partial charge is 0.393 e. The van der Waals surface area contributed by atoms with E-state index in [2.05, 4.69) is 19.9 Å². The van der Waals surface area contributed by atoms with Gasteiger partial charge in [0.25, 0.3) is 0 Å². The summed E-state index contributed by atoms with van der Waals surface area (Å²) in [6.45, 7) is 6.17. The maximum Gasteiger partial charge on any atom is 0.0512 e. The molecule has 0 aromatic carbocycles. The predicted octanol–water partition coefficient (Wildman–Crippen LogP) is 2.89. The van der Waals surface area contributed by atoms with E-state index in [1.807, 2.05) is 6.92 Å². The highest BCUT2D eigenvalue weighted by atomic mass is 16.3. The Kier molecular flexibility index (Phi) is 6.24. The smallest absolute Gasteiger partial charge is 0.0512 e. The molecule has 1 atom stereocenters. The Labute approximate surface area is 70.1 Å². The second-order valence-corrected chi connectivity index (χ2v) is 3.18. The second kappa shape index (κ2) is 6.41. The monoisotopic (exact) mass is 156 g/mol. The average molecular weight is 156 g/mol. The fourth-order valence-electron chi connectivity index (χ4n) is 0.906. The highest BCUT2D eigenvalue weighted by Gasteiger charge is 1.93. The van der Waals surface area contributed by atoms with Gasteiger partial charge in [-0.3, -0.25) is 0 Å². The van der Waals surface area contributed by atoms with E-state index in [0.29, 0.717) is 0 Å². The molecule has 0 bridgehead atoms. The third-order valence-electron chi connectivity index (χ3n) is 1.88. The lowest BCUT2D eigenvalue weighted by Crippen LogP contribution is -1.97. The van der Waals surface area contributed by atoms with Gasteiger partial charge >= 0.3 is 0 Å². The molecule has 1 heteroatoms. The van der Waals surface area contributed by atoms with Crippen molar-refractivity contribution in [2.75, 3.05) is 0 Å². The lowest BCUT2D eigenvalue weighted by molar-refractivity contribution is 0.182. The van der Waals surface area contributed by atoms with Crippen LogP contribution >= 0.6 is 0 Å². The van der Waals surface area contributed by atoms with Crippen molar-refractivity contribution in [2.24, 2.45) is 0 Å². The van der Waals surface area contributed by atoms with Crippen LogP contribution in [0.15, 0.2) is 11.6 Å². The van der Waals surface area contributed by atoms with Crippen LogP contribution in [-0.4, -0.2) is 11.2 Å². The molecular formula is C10H20O. The van der Waals surface area contributed by atoms with E-state index in [9.17, 15) is 0 Å². The van der Waals surface area contributed by atoms with Crippen LogP contribution in [0.4, 0.5) is 0 Å². The van der Waals surface area contributed by atoms with Crippen LogP contribution in [-0.2, 0) is 0 Å². The summed E-state index contributed by atoms with van der Waals surface area (Å²) < 4.78 is 0. The first-order valence-electron chi connectivity index (χ1n) is 4.50. The van der Waals surface area contributed by atoms with Gasteiger partial charge in [-0.25, -0.2) is 0 Å². The molecule has 1 nitrogen and oxygen atoms in total. The van der Waals surface area contributed by atoms with Crippen molar-refractivity contribution in [1.82, 2.24) is 0 Å². The number of aliphatic hydroxyl groups is 1. The van der Waals surface area contributed by atoms with Crippen LogP contribution in [0, 0.1) is 0 Å². The van der Waals surface area contributed by atoms with Gasteiger partial charge in [-0.15, -0.1) is 0 Å². The van der Waals surface area contributed by atoms with Gasteiger partial charge < -0.3 is 5.11 Å². The minimum absolute atomic E-state index is 0.134. The molecule has 0 fully saturated rings. The van der Waals surface area contributed by atoms with Gasteiger partial charge in [0.15, 0.2) is 0 Å². The standard InChI is InChI=1S/C10H20O/c1-4-9(2)7-5-6-8-10(3)11/h7,10-11H,4-6,8H2,1-3H3/b9-7+. The SMILES string of the molecule is CC/C(C)=C/CCCC(C)O. The Bertz CT molecular complexity index is 114. The Morgan fingerprint density at radius 1 is 1.55 bits per heavy atom. The highest BCUT2D eigenvalue weighted by Crippen LogP contribution is 2.05. The zero-order valence-corrected chi connectivity index (χ0v) is 7.93. The summed E-state index contributed by atoms with van der Waals surface area (Å²) in [7, 11) is 0. The molecule has 1 unspecified atom stereocenters. The molecule has 1 N–H and O–H groups in total. The summed E-state index contributed by atoms with van der Waals surface area (Å²) in [5, 5.41) is 8.95. The quantitative estimate of drug-likeness (QED) is 0.479. The maximum absolute atomic E-state index is 8.95. The lowest BCUT2D eigenvalue weighted by Gasteiger charge is -2.01. The molecule has 0 rings (SSSR count). The average Bonchev–Trinajstić information content (AvgIpc) is 1.97. The van der Waals surface area contributed by atoms with Crippen LogP contribution in [0.1, 0.15) is 46.5 Å². The number of hydrogen-bond acceptors (Lipinski definition) is 1. The van der Waals surface area contributed by atoms with Crippen LogP contribution in [0.5, 0.6) is 0 Å². The van der Waals surface area contributed by atoms with Gasteiger partial charge in [-0.05, 0) is 39.5 Å². The molecule has 0 amide bonds. The van der Waals surface area contributed by atoms with Crippen LogP contribution in [0.2, 0.25) is 0 Å². The third kappa shape index (κ3) is 7.60. The summed E-state index contributed by atoms with van der Waals surface area (Å²) in [6, 6.07) is 0. The van der Waals surface area contributed by atoms with Crippen molar-refractivity contribution in [1.29, 1.82) is 0 Å². The Morgan fingerprint density at radius 2 is 2.18 bits per heavy atom. The van der Waals surface area contributed by atoms with E-state index in [-0.39, 0.29) is 6.10 Å². The summed E-state index contributed by atoms with van der Waals surface area (Å²) in [4.78, 5) is 0. The van der Waals surface area contributed by atoms with Crippen molar-refractivity contribution < 1.29 is 5.11 Å². The minimum Gasteiger partial charge on any atom is -0.393 e. The summed E-state index contributed by atoms with van der Waals surface area (Å²) >= 11 is 0. The molecule has 0 aromatic rings. The molecule has 0 radical (unpaired) electrons. The number of unbranched alkanes of at least 4 members (excludes halogenated alkanes) is 1. The molecule has 0 spiro atoms. The minimum atomic E-state index is -0.134. The molecule has 66 valence electrons. The van der Waals surface area contributed by atoms with Crippen molar-refractivity contribution in [2.45, 2.75) is 52.6 Å². The zero-order valence-electron chi connectivity index (χ0n) is 7.93. The molecule has 0 aliphatic heterocycles. The number of hydrogen-bond donors (Lipinski definition) is 1. The molecule has 0 aromatic heterocycles. The highest BCUT2D eigenvalue weighted by molar-refractivity contribution is 4.96. The van der Waals surface area contributed by atoms with Gasteiger partial charge in [-0.2, -0.15) is 0 Å². The van der Waals surface area contributed by atoms with E-state index in [0.717, 1.165) is 25.7 Å². The fourth-order valence-corrected chi connectivity index (χ4v) is 0.906. The zero-order chi connectivity index (χ0) is 8.69. The Balaban J connectivity index is 3.26. The van der Waals surface area contributed by atoms with E-state index in [1.165, 1.54) is 5.57 Å². The lowest BCUT2D eigenvalue weighted by atomic mass is 10.1. The maximum atomic E-state index is 8.95. The van der Waals surface area contributed by atoms with Crippen molar-refractivity contribution in [3.05, 3.63) is 11.6 Å². The van der Waals surface area contributed by atoms with Gasteiger partial charge in [0.2, 0.25) is 0 Å². The van der Waals surface area contributed by atoms with Gasteiger partial charge in [0.1, 0.15) is 0 Å². The van der Waals surface area contributed by atoms with Crippen LogP contribution in [0.25, 0.3) is 0 Å². The molecule has 11 heavy (non-hydrogen) atoms. The topological polar surface area (TPSA) is 20.2 Å². The first-order chi connectivity index (χ1) is 5.16. The number of aliphatic hydroxyl groups excluding tert-OH is 1. The van der Waals surface area contributed by atoms with Crippen LogP contribution in [0.3, 0.4) is 0 Å². The predicted molar refractivity (Wildman–Crippen MR) is 49.6 cm³/mol. The number of rotatable bonds is 5. The Hall–Kier alpha value is -0.300. The van der Waals surface area contributed by atoms with E-state index in [1.54, 1.807) is 0 Å². The summed E-state index contributed by atoms with van der Waals surface area (Å²) in [6.07, 6.45) is 6.43. The van der Waals surface area contributed by atoms with E-state index >= 15 is 0 Å². The Morgan fingerprint density at radius 3 is 2.64 bits per heavy atom. The van der Waals surface area contributed by atoms with E-state index < -0.39 is 0 Å². The van der Waals surface area contributed by atoms with Crippen molar-refractivity contribution in [3.8, 4) is 0 Å². The third-order valence-corrected chi connectivity index (χ3v) is 1.88. The summed E-state index contributed by atoms with van der Waals surface area (Å²) in [5.41, 5.74) is 1.45. The molecule has 0 saturated carbocycles.